The van der Waals surface area contributed by atoms with Crippen molar-refractivity contribution in [2.45, 2.75) is 0 Å². The molecule has 2 heterocycles. The summed E-state index contributed by atoms with van der Waals surface area (Å²) in [5.41, 5.74) is 0. The smallest absolute Gasteiger partial charge is 0.128 e. The zero-order chi connectivity index (χ0) is 11.7. The number of morpholine rings is 1. The van der Waals surface area contributed by atoms with E-state index < -0.39 is 0 Å². The van der Waals surface area contributed by atoms with Crippen molar-refractivity contribution in [2.75, 3.05) is 31.2 Å². The molecular weight excluding hydrogens is 291 g/mol. The monoisotopic (exact) mass is 298 g/mol. The van der Waals surface area contributed by atoms with Crippen LogP contribution in [0.1, 0.15) is 0 Å². The largest absolute Gasteiger partial charge is 0.378 e. The minimum absolute atomic E-state index is 0.290. The van der Waals surface area contributed by atoms with E-state index in [1.807, 2.05) is 4.90 Å². The minimum Gasteiger partial charge on any atom is -0.378 e. The van der Waals surface area contributed by atoms with Crippen molar-refractivity contribution >= 4 is 52.8 Å². The molecular formula is C9H9Cl3N2OS. The third-order valence-electron chi connectivity index (χ3n) is 2.35. The SMILES string of the molecule is S=c1c(Cl)c(Cl)[nH]c(N2CCOCC2)c1Cl. The van der Waals surface area contributed by atoms with Crippen LogP contribution >= 0.6 is 47.0 Å². The number of hydrogen-bond acceptors (Lipinski definition) is 3. The fourth-order valence-corrected chi connectivity index (χ4v) is 2.41. The number of anilines is 1. The minimum atomic E-state index is 0.290. The number of ether oxygens (including phenoxy) is 1. The Kier molecular flexibility index (Phi) is 3.97. The van der Waals surface area contributed by atoms with Crippen LogP contribution in [0, 0.1) is 4.51 Å². The highest BCUT2D eigenvalue weighted by molar-refractivity contribution is 7.71. The molecule has 1 fully saturated rings. The van der Waals surface area contributed by atoms with Gasteiger partial charge >= 0.3 is 0 Å². The molecule has 0 radical (unpaired) electrons. The first-order chi connectivity index (χ1) is 7.61. The Labute approximate surface area is 113 Å². The predicted molar refractivity (Wildman–Crippen MR) is 69.7 cm³/mol. The molecule has 3 nitrogen and oxygen atoms in total. The maximum Gasteiger partial charge on any atom is 0.128 e. The van der Waals surface area contributed by atoms with Gasteiger partial charge in [-0.2, -0.15) is 0 Å². The van der Waals surface area contributed by atoms with Gasteiger partial charge < -0.3 is 14.6 Å². The predicted octanol–water partition coefficient (Wildman–Crippen LogP) is 3.54. The summed E-state index contributed by atoms with van der Waals surface area (Å²) in [6, 6.07) is 0. The summed E-state index contributed by atoms with van der Waals surface area (Å²) in [6.45, 7) is 2.83. The lowest BCUT2D eigenvalue weighted by atomic mass is 10.3. The highest BCUT2D eigenvalue weighted by Crippen LogP contribution is 2.33. The molecule has 88 valence electrons. The Morgan fingerprint density at radius 2 is 1.75 bits per heavy atom. The van der Waals surface area contributed by atoms with Crippen molar-refractivity contribution in [3.63, 3.8) is 0 Å². The molecule has 0 spiro atoms. The van der Waals surface area contributed by atoms with Crippen LogP contribution in [-0.2, 0) is 4.74 Å². The molecule has 7 heteroatoms. The van der Waals surface area contributed by atoms with E-state index in [2.05, 4.69) is 4.98 Å². The molecule has 1 aliphatic rings. The summed E-state index contributed by atoms with van der Waals surface area (Å²) in [7, 11) is 0. The van der Waals surface area contributed by atoms with Crippen molar-refractivity contribution < 1.29 is 4.74 Å². The van der Waals surface area contributed by atoms with E-state index >= 15 is 0 Å². The maximum absolute atomic E-state index is 6.14. The van der Waals surface area contributed by atoms with Gasteiger partial charge in [-0.3, -0.25) is 0 Å². The number of hydrogen-bond donors (Lipinski definition) is 1. The zero-order valence-corrected chi connectivity index (χ0v) is 11.3. The van der Waals surface area contributed by atoms with Crippen molar-refractivity contribution in [1.29, 1.82) is 0 Å². The van der Waals surface area contributed by atoms with Crippen LogP contribution in [0.4, 0.5) is 5.82 Å². The standard InChI is InChI=1S/C9H9Cl3N2OS/c10-5-7(16)6(11)9(13-8(5)12)14-1-3-15-4-2-14/h1-4H2,(H,13,16). The van der Waals surface area contributed by atoms with Crippen LogP contribution in [0.5, 0.6) is 0 Å². The molecule has 0 bridgehead atoms. The number of aromatic nitrogens is 1. The fourth-order valence-electron chi connectivity index (χ4n) is 1.52. The van der Waals surface area contributed by atoms with Gasteiger partial charge in [-0.05, 0) is 0 Å². The topological polar surface area (TPSA) is 28.3 Å². The van der Waals surface area contributed by atoms with Crippen LogP contribution in [-0.4, -0.2) is 31.3 Å². The van der Waals surface area contributed by atoms with E-state index in [1.54, 1.807) is 0 Å². The van der Waals surface area contributed by atoms with Crippen LogP contribution in [0.15, 0.2) is 0 Å². The van der Waals surface area contributed by atoms with Gasteiger partial charge in [-0.25, -0.2) is 0 Å². The Hall–Kier alpha value is -0.000000000000000167. The Morgan fingerprint density at radius 3 is 2.38 bits per heavy atom. The molecule has 0 amide bonds. The van der Waals surface area contributed by atoms with Crippen LogP contribution in [0.2, 0.25) is 15.2 Å². The van der Waals surface area contributed by atoms with Crippen molar-refractivity contribution in [1.82, 2.24) is 4.98 Å². The number of halogens is 3. The lowest BCUT2D eigenvalue weighted by Gasteiger charge is -2.29. The molecule has 1 N–H and O–H groups in total. The summed E-state index contributed by atoms with van der Waals surface area (Å²) >= 11 is 23.1. The van der Waals surface area contributed by atoms with Crippen LogP contribution < -0.4 is 4.90 Å². The Balaban J connectivity index is 2.44. The molecule has 0 unspecified atom stereocenters. The molecule has 2 rings (SSSR count). The summed E-state index contributed by atoms with van der Waals surface area (Å²) in [5, 5.41) is 1.04. The molecule has 1 aliphatic heterocycles. The quantitative estimate of drug-likeness (QED) is 0.635. The summed E-state index contributed by atoms with van der Waals surface area (Å²) in [4.78, 5) is 5.01. The number of H-pyrrole nitrogens is 1. The average Bonchev–Trinajstić information content (AvgIpc) is 2.32. The molecule has 16 heavy (non-hydrogen) atoms. The van der Waals surface area contributed by atoms with E-state index in [1.165, 1.54) is 0 Å². The van der Waals surface area contributed by atoms with Gasteiger partial charge in [0.2, 0.25) is 0 Å². The van der Waals surface area contributed by atoms with E-state index in [9.17, 15) is 0 Å². The first-order valence-corrected chi connectivity index (χ1v) is 6.25. The lowest BCUT2D eigenvalue weighted by molar-refractivity contribution is 0.122. The first-order valence-electron chi connectivity index (χ1n) is 4.70. The number of nitrogens with one attached hydrogen (secondary N) is 1. The summed E-state index contributed by atoms with van der Waals surface area (Å²) < 4.78 is 5.64. The molecule has 1 saturated heterocycles. The van der Waals surface area contributed by atoms with Gasteiger partial charge in [-0.15, -0.1) is 0 Å². The first kappa shape index (κ1) is 12.5. The van der Waals surface area contributed by atoms with E-state index in [4.69, 9.17) is 51.8 Å². The van der Waals surface area contributed by atoms with Crippen molar-refractivity contribution in [2.24, 2.45) is 0 Å². The van der Waals surface area contributed by atoms with Gasteiger partial charge in [0.25, 0.3) is 0 Å². The van der Waals surface area contributed by atoms with Gasteiger partial charge in [0.1, 0.15) is 16.0 Å². The van der Waals surface area contributed by atoms with Gasteiger partial charge in [0.15, 0.2) is 0 Å². The number of aromatic amines is 1. The van der Waals surface area contributed by atoms with E-state index in [0.717, 1.165) is 13.1 Å². The van der Waals surface area contributed by atoms with Crippen LogP contribution in [0.3, 0.4) is 0 Å². The maximum atomic E-state index is 6.14. The molecule has 0 saturated carbocycles. The second-order valence-corrected chi connectivity index (χ2v) is 4.89. The van der Waals surface area contributed by atoms with E-state index in [0.29, 0.717) is 38.7 Å². The lowest BCUT2D eigenvalue weighted by Crippen LogP contribution is -2.37. The highest BCUT2D eigenvalue weighted by atomic mass is 35.5. The molecule has 1 aromatic heterocycles. The number of pyridine rings is 1. The molecule has 0 aromatic carbocycles. The van der Waals surface area contributed by atoms with Crippen molar-refractivity contribution in [3.8, 4) is 0 Å². The summed E-state index contributed by atoms with van der Waals surface area (Å²) in [5.74, 6) is 0.712. The van der Waals surface area contributed by atoms with E-state index in [-0.39, 0.29) is 0 Å². The zero-order valence-electron chi connectivity index (χ0n) is 8.23. The van der Waals surface area contributed by atoms with Crippen LogP contribution in [0.25, 0.3) is 0 Å². The van der Waals surface area contributed by atoms with Gasteiger partial charge in [0.05, 0.1) is 22.7 Å². The summed E-state index contributed by atoms with van der Waals surface area (Å²) in [6.07, 6.45) is 0. The molecule has 0 aliphatic carbocycles. The third kappa shape index (κ3) is 2.31. The van der Waals surface area contributed by atoms with Crippen molar-refractivity contribution in [3.05, 3.63) is 19.7 Å². The second kappa shape index (κ2) is 5.10. The molecule has 1 aromatic rings. The highest BCUT2D eigenvalue weighted by Gasteiger charge is 2.18. The number of rotatable bonds is 1. The normalized spacial score (nSPS) is 16.6. The number of nitrogens with zero attached hydrogens (tertiary/aromatic N) is 1. The van der Waals surface area contributed by atoms with Gasteiger partial charge in [0, 0.05) is 13.1 Å². The average molecular weight is 300 g/mol. The third-order valence-corrected chi connectivity index (χ3v) is 4.11. The fraction of sp³-hybridized carbons (Fsp3) is 0.444. The Bertz CT molecular complexity index is 457. The Morgan fingerprint density at radius 1 is 1.12 bits per heavy atom. The second-order valence-electron chi connectivity index (χ2n) is 3.34. The van der Waals surface area contributed by atoms with Gasteiger partial charge in [-0.1, -0.05) is 47.0 Å². The molecule has 0 atom stereocenters.